The van der Waals surface area contributed by atoms with Crippen LogP contribution in [0.2, 0.25) is 56.8 Å². The van der Waals surface area contributed by atoms with Crippen molar-refractivity contribution in [1.29, 1.82) is 0 Å². The maximum atomic E-state index is 6.32. The van der Waals surface area contributed by atoms with Crippen LogP contribution >= 0.6 is 116 Å². The molecule has 0 nitrogen and oxygen atoms in total. The number of rotatable bonds is 2. The largest absolute Gasteiger partial charge is 0.126 e. The molecule has 0 saturated carbocycles. The summed E-state index contributed by atoms with van der Waals surface area (Å²) in [5, 5.41) is 2.13. The number of benzene rings is 2. The molecular weight excluding hydrogens is 539 g/mol. The minimum absolute atomic E-state index is 0.0660. The molecule has 0 spiro atoms. The van der Waals surface area contributed by atoms with Gasteiger partial charge in [0.05, 0.1) is 50.2 Å². The molecule has 0 fully saturated rings. The highest BCUT2D eigenvalue weighted by Crippen LogP contribution is 2.42. The van der Waals surface area contributed by atoms with Gasteiger partial charge in [-0.1, -0.05) is 123 Å². The molecule has 0 amide bonds. The first kappa shape index (κ1) is 21.9. The second-order valence-corrected chi connectivity index (χ2v) is 10.5. The van der Waals surface area contributed by atoms with Crippen molar-refractivity contribution in [2.45, 2.75) is 6.55 Å². The first-order valence-electron chi connectivity index (χ1n) is 5.89. The molecule has 11 heteroatoms. The minimum Gasteiger partial charge on any atom is -0.0827 e. The third kappa shape index (κ3) is 3.62. The SMILES string of the molecule is C[Si](c1c(Cl)c(Cl)c(Cl)c(Cl)c1Cl)c1c(Cl)c(Cl)c(Cl)c(Cl)c1Cl. The maximum Gasteiger partial charge on any atom is 0.126 e. The smallest absolute Gasteiger partial charge is 0.0827 e. The summed E-state index contributed by atoms with van der Waals surface area (Å²) in [4.78, 5) is 0. The number of hydrogen-bond acceptors (Lipinski definition) is 0. The molecular formula is C13H3Cl10Si. The van der Waals surface area contributed by atoms with E-state index in [1.807, 2.05) is 6.55 Å². The zero-order valence-electron chi connectivity index (χ0n) is 11.3. The molecule has 1 radical (unpaired) electrons. The molecule has 0 N–H and O–H groups in total. The van der Waals surface area contributed by atoms with E-state index < -0.39 is 8.80 Å². The molecule has 2 aromatic carbocycles. The van der Waals surface area contributed by atoms with E-state index in [0.29, 0.717) is 10.4 Å². The Morgan fingerprint density at radius 2 is 0.542 bits per heavy atom. The van der Waals surface area contributed by atoms with Gasteiger partial charge in [0.2, 0.25) is 0 Å². The molecule has 2 aromatic rings. The lowest BCUT2D eigenvalue weighted by atomic mass is 10.3. The van der Waals surface area contributed by atoms with Crippen molar-refractivity contribution < 1.29 is 0 Å². The van der Waals surface area contributed by atoms with Crippen molar-refractivity contribution in [3.05, 3.63) is 50.2 Å². The van der Waals surface area contributed by atoms with Gasteiger partial charge in [0.25, 0.3) is 0 Å². The minimum atomic E-state index is -1.77. The topological polar surface area (TPSA) is 0 Å². The van der Waals surface area contributed by atoms with Crippen molar-refractivity contribution in [2.24, 2.45) is 0 Å². The van der Waals surface area contributed by atoms with Gasteiger partial charge < -0.3 is 0 Å². The lowest BCUT2D eigenvalue weighted by Crippen LogP contribution is -2.42. The molecule has 129 valence electrons. The van der Waals surface area contributed by atoms with Crippen LogP contribution < -0.4 is 10.4 Å². The van der Waals surface area contributed by atoms with Crippen LogP contribution in [0.5, 0.6) is 0 Å². The Balaban J connectivity index is 2.84. The van der Waals surface area contributed by atoms with Crippen molar-refractivity contribution in [3.63, 3.8) is 0 Å². The van der Waals surface area contributed by atoms with Gasteiger partial charge in [-0.15, -0.1) is 0 Å². The van der Waals surface area contributed by atoms with Gasteiger partial charge in [0.1, 0.15) is 8.80 Å². The molecule has 0 aromatic heterocycles. The predicted molar refractivity (Wildman–Crippen MR) is 114 cm³/mol. The molecule has 0 aliphatic heterocycles. The van der Waals surface area contributed by atoms with Crippen LogP contribution in [0.3, 0.4) is 0 Å². The molecule has 0 aliphatic carbocycles. The van der Waals surface area contributed by atoms with Gasteiger partial charge in [-0.3, -0.25) is 0 Å². The predicted octanol–water partition coefficient (Wildman–Crippen LogP) is 8.46. The Bertz CT molecular complexity index is 720. The number of hydrogen-bond donors (Lipinski definition) is 0. The second-order valence-electron chi connectivity index (χ2n) is 4.51. The average Bonchev–Trinajstić information content (AvgIpc) is 2.55. The van der Waals surface area contributed by atoms with E-state index in [0.717, 1.165) is 0 Å². The van der Waals surface area contributed by atoms with Crippen molar-refractivity contribution in [3.8, 4) is 0 Å². The van der Waals surface area contributed by atoms with Gasteiger partial charge in [0.15, 0.2) is 0 Å². The third-order valence-corrected chi connectivity index (χ3v) is 10.9. The first-order valence-corrected chi connectivity index (χ1v) is 11.7. The summed E-state index contributed by atoms with van der Waals surface area (Å²) >= 11 is 61.8. The average molecular weight is 542 g/mol. The molecule has 0 saturated heterocycles. The van der Waals surface area contributed by atoms with Crippen LogP contribution in [0.1, 0.15) is 0 Å². The molecule has 0 unspecified atom stereocenters. The van der Waals surface area contributed by atoms with E-state index in [1.165, 1.54) is 0 Å². The lowest BCUT2D eigenvalue weighted by Gasteiger charge is -2.21. The summed E-state index contributed by atoms with van der Waals surface area (Å²) in [5.41, 5.74) is 0. The monoisotopic (exact) mass is 537 g/mol. The van der Waals surface area contributed by atoms with Gasteiger partial charge in [-0.05, 0) is 10.4 Å². The van der Waals surface area contributed by atoms with Crippen molar-refractivity contribution in [1.82, 2.24) is 0 Å². The Kier molecular flexibility index (Phi) is 7.54. The van der Waals surface area contributed by atoms with Gasteiger partial charge >= 0.3 is 0 Å². The quantitative estimate of drug-likeness (QED) is 0.203. The van der Waals surface area contributed by atoms with Gasteiger partial charge in [-0.2, -0.15) is 0 Å². The van der Waals surface area contributed by atoms with Crippen LogP contribution in [0.4, 0.5) is 0 Å². The standard InChI is InChI=1S/C13H3Cl10Si/c1-24(12-8(20)4(16)2(14)5(17)9(12)21)13-10(22)6(18)3(15)7(19)11(13)23/h1H3. The Morgan fingerprint density at radius 1 is 0.375 bits per heavy atom. The van der Waals surface area contributed by atoms with Crippen LogP contribution in [-0.2, 0) is 0 Å². The summed E-state index contributed by atoms with van der Waals surface area (Å²) in [5.74, 6) is 0. The number of halogens is 10. The highest BCUT2D eigenvalue weighted by Gasteiger charge is 2.30. The zero-order chi connectivity index (χ0) is 18.5. The van der Waals surface area contributed by atoms with Crippen molar-refractivity contribution in [2.75, 3.05) is 0 Å². The molecule has 0 heterocycles. The fraction of sp³-hybridized carbons (Fsp3) is 0.0769. The van der Waals surface area contributed by atoms with E-state index >= 15 is 0 Å². The summed E-state index contributed by atoms with van der Waals surface area (Å²) in [6, 6.07) is 0. The van der Waals surface area contributed by atoms with Gasteiger partial charge in [0, 0.05) is 0 Å². The fourth-order valence-electron chi connectivity index (χ4n) is 1.99. The first-order chi connectivity index (χ1) is 11.0. The highest BCUT2D eigenvalue weighted by molar-refractivity contribution is 6.91. The summed E-state index contributed by atoms with van der Waals surface area (Å²) < 4.78 is 0. The van der Waals surface area contributed by atoms with Crippen LogP contribution in [0.25, 0.3) is 0 Å². The lowest BCUT2D eigenvalue weighted by molar-refractivity contribution is 1.70. The summed E-state index contributed by atoms with van der Waals surface area (Å²) in [6.45, 7) is 1.84. The van der Waals surface area contributed by atoms with E-state index in [-0.39, 0.29) is 50.2 Å². The zero-order valence-corrected chi connectivity index (χ0v) is 19.8. The highest BCUT2D eigenvalue weighted by atomic mass is 35.5. The van der Waals surface area contributed by atoms with E-state index in [4.69, 9.17) is 116 Å². The summed E-state index contributed by atoms with van der Waals surface area (Å²) in [6.07, 6.45) is 0. The molecule has 0 atom stereocenters. The van der Waals surface area contributed by atoms with Gasteiger partial charge in [-0.25, -0.2) is 0 Å². The van der Waals surface area contributed by atoms with E-state index in [1.54, 1.807) is 0 Å². The Hall–Kier alpha value is 1.56. The molecule has 0 bridgehead atoms. The Labute approximate surface area is 190 Å². The molecule has 0 aliphatic rings. The Morgan fingerprint density at radius 3 is 0.750 bits per heavy atom. The second kappa shape index (κ2) is 8.28. The van der Waals surface area contributed by atoms with E-state index in [9.17, 15) is 0 Å². The molecule has 24 heavy (non-hydrogen) atoms. The third-order valence-electron chi connectivity index (χ3n) is 3.17. The van der Waals surface area contributed by atoms with Crippen molar-refractivity contribution >= 4 is 135 Å². The van der Waals surface area contributed by atoms with Crippen LogP contribution in [-0.4, -0.2) is 8.80 Å². The van der Waals surface area contributed by atoms with E-state index in [2.05, 4.69) is 0 Å². The van der Waals surface area contributed by atoms with Crippen LogP contribution in [0.15, 0.2) is 0 Å². The molecule has 2 rings (SSSR count). The normalized spacial score (nSPS) is 11.5. The van der Waals surface area contributed by atoms with Crippen LogP contribution in [0, 0.1) is 0 Å². The maximum absolute atomic E-state index is 6.32. The summed E-state index contributed by atoms with van der Waals surface area (Å²) in [7, 11) is -1.77. The fourth-order valence-corrected chi connectivity index (χ4v) is 8.35.